The van der Waals surface area contributed by atoms with Crippen LogP contribution in [-0.2, 0) is 0 Å². The second-order valence-electron chi connectivity index (χ2n) is 7.19. The molecule has 0 bridgehead atoms. The molecule has 1 unspecified atom stereocenters. The van der Waals surface area contributed by atoms with Gasteiger partial charge in [0.15, 0.2) is 16.6 Å². The third-order valence-electron chi connectivity index (χ3n) is 4.61. The summed E-state index contributed by atoms with van der Waals surface area (Å²) in [4.78, 5) is 0. The Hall–Kier alpha value is -2.67. The summed E-state index contributed by atoms with van der Waals surface area (Å²) in [5, 5.41) is 7.17. The summed E-state index contributed by atoms with van der Waals surface area (Å²) in [5.74, 6) is 3.04. The van der Waals surface area contributed by atoms with Crippen LogP contribution >= 0.6 is 12.2 Å². The molecule has 7 heteroatoms. The molecule has 0 fully saturated rings. The standard InChI is InChI=1S/C20H22N2O4S/c1-20(2)10-15(14-6-5-13(23-3)9-17(14)26-20)22-19(27)21-12-4-7-16-18(8-12)25-11-24-16/h4-9,15H,10-11H2,1-3H3,(H2,21,22,27). The van der Waals surface area contributed by atoms with Gasteiger partial charge in [-0.15, -0.1) is 0 Å². The zero-order valence-electron chi connectivity index (χ0n) is 15.5. The van der Waals surface area contributed by atoms with E-state index in [1.165, 1.54) is 0 Å². The van der Waals surface area contributed by atoms with Crippen LogP contribution in [0.15, 0.2) is 36.4 Å². The van der Waals surface area contributed by atoms with E-state index in [4.69, 9.17) is 31.2 Å². The van der Waals surface area contributed by atoms with Crippen molar-refractivity contribution < 1.29 is 18.9 Å². The molecule has 0 radical (unpaired) electrons. The number of anilines is 1. The number of hydrogen-bond donors (Lipinski definition) is 2. The van der Waals surface area contributed by atoms with Gasteiger partial charge in [-0.25, -0.2) is 0 Å². The van der Waals surface area contributed by atoms with Gasteiger partial charge in [0.25, 0.3) is 0 Å². The van der Waals surface area contributed by atoms with Crippen LogP contribution in [0.25, 0.3) is 0 Å². The van der Waals surface area contributed by atoms with E-state index in [9.17, 15) is 0 Å². The first-order valence-corrected chi connectivity index (χ1v) is 9.18. The van der Waals surface area contributed by atoms with Gasteiger partial charge in [-0.05, 0) is 50.3 Å². The maximum absolute atomic E-state index is 6.13. The highest BCUT2D eigenvalue weighted by molar-refractivity contribution is 7.80. The maximum Gasteiger partial charge on any atom is 0.231 e. The van der Waals surface area contributed by atoms with Crippen molar-refractivity contribution in [2.45, 2.75) is 31.9 Å². The molecule has 27 heavy (non-hydrogen) atoms. The van der Waals surface area contributed by atoms with Gasteiger partial charge in [0, 0.05) is 29.8 Å². The van der Waals surface area contributed by atoms with Crippen LogP contribution in [-0.4, -0.2) is 24.6 Å². The van der Waals surface area contributed by atoms with Crippen LogP contribution in [0.3, 0.4) is 0 Å². The molecule has 0 saturated carbocycles. The number of benzene rings is 2. The van der Waals surface area contributed by atoms with Gasteiger partial charge < -0.3 is 29.6 Å². The molecule has 2 heterocycles. The van der Waals surface area contributed by atoms with E-state index in [-0.39, 0.29) is 18.4 Å². The Bertz CT molecular complexity index is 884. The molecule has 2 aliphatic rings. The van der Waals surface area contributed by atoms with Crippen molar-refractivity contribution >= 4 is 23.0 Å². The second-order valence-corrected chi connectivity index (χ2v) is 7.60. The molecule has 0 saturated heterocycles. The topological polar surface area (TPSA) is 61.0 Å². The number of thiocarbonyl (C=S) groups is 1. The van der Waals surface area contributed by atoms with Gasteiger partial charge in [-0.2, -0.15) is 0 Å². The molecule has 6 nitrogen and oxygen atoms in total. The number of ether oxygens (including phenoxy) is 4. The summed E-state index contributed by atoms with van der Waals surface area (Å²) in [6.07, 6.45) is 0.787. The van der Waals surface area contributed by atoms with E-state index < -0.39 is 0 Å². The first-order chi connectivity index (χ1) is 12.9. The number of rotatable bonds is 3. The lowest BCUT2D eigenvalue weighted by Crippen LogP contribution is -2.42. The van der Waals surface area contributed by atoms with E-state index in [0.717, 1.165) is 34.9 Å². The van der Waals surface area contributed by atoms with E-state index in [0.29, 0.717) is 10.9 Å². The fourth-order valence-electron chi connectivity index (χ4n) is 3.39. The zero-order chi connectivity index (χ0) is 19.0. The lowest BCUT2D eigenvalue weighted by molar-refractivity contribution is 0.0693. The number of hydrogen-bond acceptors (Lipinski definition) is 5. The lowest BCUT2D eigenvalue weighted by Gasteiger charge is -2.38. The van der Waals surface area contributed by atoms with Gasteiger partial charge >= 0.3 is 0 Å². The number of fused-ring (bicyclic) bond motifs is 2. The Labute approximate surface area is 163 Å². The van der Waals surface area contributed by atoms with Crippen LogP contribution in [0.2, 0.25) is 0 Å². The van der Waals surface area contributed by atoms with E-state index >= 15 is 0 Å². The van der Waals surface area contributed by atoms with Crippen LogP contribution in [0.5, 0.6) is 23.0 Å². The Morgan fingerprint density at radius 2 is 1.93 bits per heavy atom. The largest absolute Gasteiger partial charge is 0.497 e. The molecule has 2 aromatic rings. The van der Waals surface area contributed by atoms with Crippen molar-refractivity contribution in [3.63, 3.8) is 0 Å². The quantitative estimate of drug-likeness (QED) is 0.773. The molecule has 142 valence electrons. The van der Waals surface area contributed by atoms with Crippen molar-refractivity contribution in [3.05, 3.63) is 42.0 Å². The first-order valence-electron chi connectivity index (χ1n) is 8.78. The Balaban J connectivity index is 1.51. The SMILES string of the molecule is COc1ccc2c(c1)OC(C)(C)CC2NC(=S)Nc1ccc2c(c1)OCO2. The van der Waals surface area contributed by atoms with Gasteiger partial charge in [0.2, 0.25) is 6.79 Å². The van der Waals surface area contributed by atoms with E-state index in [1.807, 2.05) is 36.4 Å². The predicted octanol–water partition coefficient (Wildman–Crippen LogP) is 4.01. The minimum atomic E-state index is -0.314. The average Bonchev–Trinajstić information content (AvgIpc) is 3.07. The second kappa shape index (κ2) is 6.81. The molecule has 1 atom stereocenters. The Kier molecular flexibility index (Phi) is 4.47. The van der Waals surface area contributed by atoms with Gasteiger partial charge in [0.1, 0.15) is 17.1 Å². The van der Waals surface area contributed by atoms with Gasteiger partial charge in [-0.3, -0.25) is 0 Å². The molecule has 2 aliphatic heterocycles. The Morgan fingerprint density at radius 1 is 1.11 bits per heavy atom. The summed E-state index contributed by atoms with van der Waals surface area (Å²) < 4.78 is 22.2. The molecule has 2 N–H and O–H groups in total. The monoisotopic (exact) mass is 386 g/mol. The number of methoxy groups -OCH3 is 1. The maximum atomic E-state index is 6.13. The average molecular weight is 386 g/mol. The molecular formula is C20H22N2O4S. The predicted molar refractivity (Wildman–Crippen MR) is 107 cm³/mol. The molecule has 2 aromatic carbocycles. The fourth-order valence-corrected chi connectivity index (χ4v) is 3.65. The summed E-state index contributed by atoms with van der Waals surface area (Å²) in [6, 6.07) is 11.6. The van der Waals surface area contributed by atoms with Crippen LogP contribution in [0, 0.1) is 0 Å². The molecule has 0 spiro atoms. The third kappa shape index (κ3) is 3.73. The van der Waals surface area contributed by atoms with Crippen molar-refractivity contribution in [3.8, 4) is 23.0 Å². The summed E-state index contributed by atoms with van der Waals surface area (Å²) in [7, 11) is 1.65. The zero-order valence-corrected chi connectivity index (χ0v) is 16.3. The van der Waals surface area contributed by atoms with E-state index in [2.05, 4.69) is 24.5 Å². The summed E-state index contributed by atoms with van der Waals surface area (Å²) in [5.41, 5.74) is 1.59. The fraction of sp³-hybridized carbons (Fsp3) is 0.350. The first kappa shape index (κ1) is 17.7. The molecule has 0 aromatic heterocycles. The Morgan fingerprint density at radius 3 is 2.74 bits per heavy atom. The molecule has 0 aliphatic carbocycles. The minimum Gasteiger partial charge on any atom is -0.497 e. The van der Waals surface area contributed by atoms with Crippen molar-refractivity contribution in [2.24, 2.45) is 0 Å². The normalized spacial score (nSPS) is 18.9. The van der Waals surface area contributed by atoms with Crippen LogP contribution in [0.1, 0.15) is 31.9 Å². The summed E-state index contributed by atoms with van der Waals surface area (Å²) in [6.45, 7) is 4.38. The molecule has 0 amide bonds. The molecular weight excluding hydrogens is 364 g/mol. The molecule has 4 rings (SSSR count). The van der Waals surface area contributed by atoms with E-state index in [1.54, 1.807) is 7.11 Å². The highest BCUT2D eigenvalue weighted by atomic mass is 32.1. The van der Waals surface area contributed by atoms with Crippen molar-refractivity contribution in [2.75, 3.05) is 19.2 Å². The lowest BCUT2D eigenvalue weighted by atomic mass is 9.89. The van der Waals surface area contributed by atoms with Gasteiger partial charge in [-0.1, -0.05) is 0 Å². The van der Waals surface area contributed by atoms with Crippen LogP contribution < -0.4 is 29.6 Å². The summed E-state index contributed by atoms with van der Waals surface area (Å²) >= 11 is 5.54. The number of nitrogens with one attached hydrogen (secondary N) is 2. The van der Waals surface area contributed by atoms with Crippen molar-refractivity contribution in [1.82, 2.24) is 5.32 Å². The third-order valence-corrected chi connectivity index (χ3v) is 4.83. The highest BCUT2D eigenvalue weighted by Gasteiger charge is 2.34. The minimum absolute atomic E-state index is 0.0312. The smallest absolute Gasteiger partial charge is 0.231 e. The van der Waals surface area contributed by atoms with Crippen LogP contribution in [0.4, 0.5) is 5.69 Å². The van der Waals surface area contributed by atoms with Gasteiger partial charge in [0.05, 0.1) is 13.2 Å². The highest BCUT2D eigenvalue weighted by Crippen LogP contribution is 2.41. The van der Waals surface area contributed by atoms with Crippen molar-refractivity contribution in [1.29, 1.82) is 0 Å².